The van der Waals surface area contributed by atoms with Gasteiger partial charge in [0, 0.05) is 24.3 Å². The van der Waals surface area contributed by atoms with Gasteiger partial charge in [0.2, 0.25) is 0 Å². The van der Waals surface area contributed by atoms with Crippen LogP contribution < -0.4 is 10.6 Å². The second-order valence-electron chi connectivity index (χ2n) is 4.90. The molecule has 0 fully saturated rings. The first-order valence-corrected chi connectivity index (χ1v) is 7.75. The van der Waals surface area contributed by atoms with Crippen LogP contribution >= 0.6 is 27.5 Å². The van der Waals surface area contributed by atoms with E-state index in [1.165, 1.54) is 11.3 Å². The van der Waals surface area contributed by atoms with Gasteiger partial charge in [0.1, 0.15) is 5.82 Å². The van der Waals surface area contributed by atoms with Crippen LogP contribution in [0.5, 0.6) is 0 Å². The van der Waals surface area contributed by atoms with Crippen LogP contribution in [-0.4, -0.2) is 18.1 Å². The Morgan fingerprint density at radius 1 is 1.40 bits per heavy atom. The van der Waals surface area contributed by atoms with Crippen molar-refractivity contribution in [2.24, 2.45) is 5.73 Å². The summed E-state index contributed by atoms with van der Waals surface area (Å²) in [5, 5.41) is 0.631. The lowest BCUT2D eigenvalue weighted by Crippen LogP contribution is -2.18. The van der Waals surface area contributed by atoms with Crippen molar-refractivity contribution in [3.05, 3.63) is 51.6 Å². The maximum absolute atomic E-state index is 5.97. The van der Waals surface area contributed by atoms with Crippen molar-refractivity contribution < 1.29 is 0 Å². The number of rotatable bonds is 3. The van der Waals surface area contributed by atoms with Crippen LogP contribution in [0.3, 0.4) is 0 Å². The lowest BCUT2D eigenvalue weighted by molar-refractivity contribution is 0.667. The molecule has 1 aromatic heterocycles. The molecule has 0 radical (unpaired) electrons. The van der Waals surface area contributed by atoms with E-state index in [4.69, 9.17) is 17.3 Å². The van der Waals surface area contributed by atoms with Crippen LogP contribution in [0.15, 0.2) is 41.0 Å². The van der Waals surface area contributed by atoms with Crippen molar-refractivity contribution in [1.82, 2.24) is 4.98 Å². The average Bonchev–Trinajstić information content (AvgIpc) is 2.79. The summed E-state index contributed by atoms with van der Waals surface area (Å²) < 4.78 is 0.910. The number of pyridine rings is 1. The van der Waals surface area contributed by atoms with E-state index >= 15 is 0 Å². The molecule has 0 amide bonds. The van der Waals surface area contributed by atoms with Gasteiger partial charge < -0.3 is 10.6 Å². The van der Waals surface area contributed by atoms with Crippen LogP contribution in [0, 0.1) is 0 Å². The third kappa shape index (κ3) is 2.43. The molecule has 1 aromatic carbocycles. The van der Waals surface area contributed by atoms with Crippen LogP contribution in [0.2, 0.25) is 5.02 Å². The summed E-state index contributed by atoms with van der Waals surface area (Å²) in [5.41, 5.74) is 8.30. The monoisotopic (exact) mass is 351 g/mol. The highest BCUT2D eigenvalue weighted by atomic mass is 79.9. The molecule has 1 unspecified atom stereocenters. The number of hydrogen-bond donors (Lipinski definition) is 1. The molecule has 3 nitrogen and oxygen atoms in total. The predicted molar refractivity (Wildman–Crippen MR) is 86.8 cm³/mol. The Hall–Kier alpha value is -1.10. The largest absolute Gasteiger partial charge is 0.330 e. The smallest absolute Gasteiger partial charge is 0.147 e. The van der Waals surface area contributed by atoms with Crippen molar-refractivity contribution in [3.8, 4) is 0 Å². The number of hydrogen-bond acceptors (Lipinski definition) is 3. The molecular formula is C15H15BrClN3. The molecule has 5 heteroatoms. The van der Waals surface area contributed by atoms with Gasteiger partial charge in [0.05, 0.1) is 9.50 Å². The van der Waals surface area contributed by atoms with Gasteiger partial charge in [-0.25, -0.2) is 4.98 Å². The maximum atomic E-state index is 5.97. The number of halogens is 2. The second-order valence-corrected chi connectivity index (χ2v) is 6.19. The molecule has 3 rings (SSSR count). The standard InChI is InChI=1S/C15H15BrClN3/c16-13-7-11(17)8-19-15(13)20-9-10(5-6-18)12-3-1-2-4-14(12)20/h1-4,7-8,10H,5-6,9,18H2. The number of nitrogens with two attached hydrogens (primary N) is 1. The lowest BCUT2D eigenvalue weighted by atomic mass is 9.98. The summed E-state index contributed by atoms with van der Waals surface area (Å²) >= 11 is 9.53. The molecule has 0 saturated carbocycles. The summed E-state index contributed by atoms with van der Waals surface area (Å²) in [5.74, 6) is 1.36. The number of benzene rings is 1. The first kappa shape index (κ1) is 13.9. The fourth-order valence-corrected chi connectivity index (χ4v) is 3.60. The fourth-order valence-electron chi connectivity index (χ4n) is 2.75. The summed E-state index contributed by atoms with van der Waals surface area (Å²) in [6.45, 7) is 1.60. The van der Waals surface area contributed by atoms with Crippen molar-refractivity contribution >= 4 is 39.0 Å². The molecule has 20 heavy (non-hydrogen) atoms. The lowest BCUT2D eigenvalue weighted by Gasteiger charge is -2.20. The number of fused-ring (bicyclic) bond motifs is 1. The highest BCUT2D eigenvalue weighted by molar-refractivity contribution is 9.10. The Bertz CT molecular complexity index is 632. The first-order chi connectivity index (χ1) is 9.70. The minimum atomic E-state index is 0.459. The summed E-state index contributed by atoms with van der Waals surface area (Å²) in [6.07, 6.45) is 2.67. The van der Waals surface area contributed by atoms with Gasteiger partial charge in [0.15, 0.2) is 0 Å². The topological polar surface area (TPSA) is 42.1 Å². The quantitative estimate of drug-likeness (QED) is 0.905. The highest BCUT2D eigenvalue weighted by Gasteiger charge is 2.30. The van der Waals surface area contributed by atoms with E-state index in [1.54, 1.807) is 6.20 Å². The Morgan fingerprint density at radius 2 is 2.20 bits per heavy atom. The Balaban J connectivity index is 2.03. The number of anilines is 2. The van der Waals surface area contributed by atoms with Crippen molar-refractivity contribution in [2.75, 3.05) is 18.0 Å². The van der Waals surface area contributed by atoms with Crippen LogP contribution in [0.25, 0.3) is 0 Å². The Kier molecular flexibility index (Phi) is 3.96. The molecule has 0 saturated heterocycles. The van der Waals surface area contributed by atoms with E-state index in [2.05, 4.69) is 50.1 Å². The van der Waals surface area contributed by atoms with Gasteiger partial charge in [-0.05, 0) is 46.6 Å². The molecule has 0 bridgehead atoms. The number of aromatic nitrogens is 1. The van der Waals surface area contributed by atoms with Gasteiger partial charge in [-0.2, -0.15) is 0 Å². The number of nitrogens with zero attached hydrogens (tertiary/aromatic N) is 2. The maximum Gasteiger partial charge on any atom is 0.147 e. The summed E-state index contributed by atoms with van der Waals surface area (Å²) in [7, 11) is 0. The molecule has 2 heterocycles. The number of para-hydroxylation sites is 1. The molecule has 104 valence electrons. The molecular weight excluding hydrogens is 338 g/mol. The normalized spacial score (nSPS) is 17.4. The molecule has 2 aromatic rings. The van der Waals surface area contributed by atoms with Gasteiger partial charge in [-0.15, -0.1) is 0 Å². The van der Waals surface area contributed by atoms with Crippen LogP contribution in [0.4, 0.5) is 11.5 Å². The molecule has 1 aliphatic rings. The third-order valence-corrected chi connectivity index (χ3v) is 4.42. The van der Waals surface area contributed by atoms with E-state index in [0.717, 1.165) is 23.3 Å². The first-order valence-electron chi connectivity index (χ1n) is 6.58. The SMILES string of the molecule is NCCC1CN(c2ncc(Cl)cc2Br)c2ccccc21. The minimum Gasteiger partial charge on any atom is -0.330 e. The minimum absolute atomic E-state index is 0.459. The Morgan fingerprint density at radius 3 is 2.95 bits per heavy atom. The third-order valence-electron chi connectivity index (χ3n) is 3.63. The summed E-state index contributed by atoms with van der Waals surface area (Å²) in [6, 6.07) is 10.3. The van der Waals surface area contributed by atoms with Crippen molar-refractivity contribution in [2.45, 2.75) is 12.3 Å². The average molecular weight is 353 g/mol. The van der Waals surface area contributed by atoms with Crippen molar-refractivity contribution in [1.29, 1.82) is 0 Å². The van der Waals surface area contributed by atoms with Crippen molar-refractivity contribution in [3.63, 3.8) is 0 Å². The van der Waals surface area contributed by atoms with Gasteiger partial charge >= 0.3 is 0 Å². The van der Waals surface area contributed by atoms with Crippen LogP contribution in [0.1, 0.15) is 17.9 Å². The molecule has 0 spiro atoms. The molecule has 2 N–H and O–H groups in total. The Labute approximate surface area is 131 Å². The predicted octanol–water partition coefficient (Wildman–Crippen LogP) is 4.08. The van der Waals surface area contributed by atoms with Crippen LogP contribution in [-0.2, 0) is 0 Å². The molecule has 1 aliphatic heterocycles. The fraction of sp³-hybridized carbons (Fsp3) is 0.267. The highest BCUT2D eigenvalue weighted by Crippen LogP contribution is 2.43. The van der Waals surface area contributed by atoms with Gasteiger partial charge in [-0.1, -0.05) is 29.8 Å². The van der Waals surface area contributed by atoms with E-state index in [0.29, 0.717) is 17.5 Å². The zero-order chi connectivity index (χ0) is 14.1. The summed E-state index contributed by atoms with van der Waals surface area (Å²) in [4.78, 5) is 6.70. The van der Waals surface area contributed by atoms with E-state index in [-0.39, 0.29) is 0 Å². The molecule has 0 aliphatic carbocycles. The zero-order valence-corrected chi connectivity index (χ0v) is 13.2. The van der Waals surface area contributed by atoms with Gasteiger partial charge in [-0.3, -0.25) is 0 Å². The molecule has 1 atom stereocenters. The second kappa shape index (κ2) is 5.72. The van der Waals surface area contributed by atoms with E-state index < -0.39 is 0 Å². The van der Waals surface area contributed by atoms with E-state index in [1.807, 2.05) is 6.07 Å². The zero-order valence-electron chi connectivity index (χ0n) is 10.9. The van der Waals surface area contributed by atoms with Gasteiger partial charge in [0.25, 0.3) is 0 Å². The van der Waals surface area contributed by atoms with E-state index in [9.17, 15) is 0 Å².